The molecule has 0 atom stereocenters. The van der Waals surface area contributed by atoms with E-state index in [0.717, 1.165) is 11.3 Å². The lowest BCUT2D eigenvalue weighted by Crippen LogP contribution is -2.13. The Bertz CT molecular complexity index is 876. The number of methoxy groups -OCH3 is 1. The molecule has 0 fully saturated rings. The van der Waals surface area contributed by atoms with Gasteiger partial charge in [0.1, 0.15) is 22.8 Å². The van der Waals surface area contributed by atoms with Crippen LogP contribution in [0.3, 0.4) is 0 Å². The van der Waals surface area contributed by atoms with Gasteiger partial charge in [-0.3, -0.25) is 0 Å². The molecular formula is C17H16N4O4. The number of aromatic nitrogens is 2. The molecule has 8 nitrogen and oxygen atoms in total. The Morgan fingerprint density at radius 2 is 2.04 bits per heavy atom. The van der Waals surface area contributed by atoms with E-state index in [1.807, 2.05) is 24.3 Å². The summed E-state index contributed by atoms with van der Waals surface area (Å²) in [7, 11) is 1.59. The zero-order valence-electron chi connectivity index (χ0n) is 13.4. The number of aromatic carboxylic acids is 1. The highest BCUT2D eigenvalue weighted by Crippen LogP contribution is 2.28. The summed E-state index contributed by atoms with van der Waals surface area (Å²) in [6.07, 6.45) is 1.43. The number of nitrogen functional groups attached to an aromatic ring is 1. The predicted octanol–water partition coefficient (Wildman–Crippen LogP) is 2.64. The molecule has 2 aromatic heterocycles. The highest BCUT2D eigenvalue weighted by Gasteiger charge is 2.22. The van der Waals surface area contributed by atoms with Gasteiger partial charge in [-0.15, -0.1) is 0 Å². The van der Waals surface area contributed by atoms with Crippen molar-refractivity contribution in [1.82, 2.24) is 9.97 Å². The van der Waals surface area contributed by atoms with Crippen LogP contribution in [-0.4, -0.2) is 28.2 Å². The quantitative estimate of drug-likeness (QED) is 0.625. The van der Waals surface area contributed by atoms with E-state index in [2.05, 4.69) is 15.3 Å². The van der Waals surface area contributed by atoms with Crippen molar-refractivity contribution in [2.24, 2.45) is 0 Å². The van der Waals surface area contributed by atoms with Crippen LogP contribution in [0.1, 0.15) is 15.9 Å². The number of hydrogen-bond acceptors (Lipinski definition) is 7. The van der Waals surface area contributed by atoms with E-state index < -0.39 is 5.97 Å². The smallest absolute Gasteiger partial charge is 0.341 e. The van der Waals surface area contributed by atoms with Gasteiger partial charge in [0.25, 0.3) is 0 Å². The molecule has 128 valence electrons. The molecular weight excluding hydrogens is 324 g/mol. The van der Waals surface area contributed by atoms with Gasteiger partial charge in [0, 0.05) is 6.54 Å². The molecule has 3 rings (SSSR count). The lowest BCUT2D eigenvalue weighted by molar-refractivity contribution is 0.0698. The molecule has 25 heavy (non-hydrogen) atoms. The third-order valence-corrected chi connectivity index (χ3v) is 3.51. The normalized spacial score (nSPS) is 10.4. The van der Waals surface area contributed by atoms with E-state index in [1.54, 1.807) is 19.2 Å². The lowest BCUT2D eigenvalue weighted by Gasteiger charge is -2.12. The van der Waals surface area contributed by atoms with Crippen LogP contribution in [-0.2, 0) is 6.54 Å². The number of hydrogen-bond donors (Lipinski definition) is 3. The van der Waals surface area contributed by atoms with Gasteiger partial charge >= 0.3 is 5.97 Å². The zero-order valence-corrected chi connectivity index (χ0v) is 13.4. The Kier molecular flexibility index (Phi) is 4.51. The average Bonchev–Trinajstić information content (AvgIpc) is 3.14. The van der Waals surface area contributed by atoms with Crippen LogP contribution >= 0.6 is 0 Å². The molecule has 1 aromatic carbocycles. The van der Waals surface area contributed by atoms with Crippen molar-refractivity contribution in [3.63, 3.8) is 0 Å². The van der Waals surface area contributed by atoms with Crippen LogP contribution in [0.5, 0.6) is 5.75 Å². The van der Waals surface area contributed by atoms with Crippen LogP contribution in [0.25, 0.3) is 11.5 Å². The van der Waals surface area contributed by atoms with Crippen molar-refractivity contribution in [2.75, 3.05) is 18.2 Å². The Labute approximate surface area is 143 Å². The van der Waals surface area contributed by atoms with Crippen molar-refractivity contribution in [2.45, 2.75) is 6.54 Å². The molecule has 8 heteroatoms. The predicted molar refractivity (Wildman–Crippen MR) is 91.4 cm³/mol. The fraction of sp³-hybridized carbons (Fsp3) is 0.118. The fourth-order valence-corrected chi connectivity index (χ4v) is 2.33. The molecule has 3 aromatic rings. The second-order valence-electron chi connectivity index (χ2n) is 5.14. The summed E-state index contributed by atoms with van der Waals surface area (Å²) in [6.45, 7) is 0.359. The van der Waals surface area contributed by atoms with Crippen molar-refractivity contribution >= 4 is 17.7 Å². The van der Waals surface area contributed by atoms with E-state index in [0.29, 0.717) is 12.3 Å². The average molecular weight is 340 g/mol. The molecule has 0 unspecified atom stereocenters. The maximum absolute atomic E-state index is 11.7. The maximum atomic E-state index is 11.7. The number of nitrogens with one attached hydrogen (secondary N) is 1. The monoisotopic (exact) mass is 340 g/mol. The fourth-order valence-electron chi connectivity index (χ4n) is 2.33. The number of carboxylic acid groups (broad SMARTS) is 1. The summed E-state index contributed by atoms with van der Waals surface area (Å²) in [5, 5.41) is 12.6. The van der Waals surface area contributed by atoms with Crippen molar-refractivity contribution in [1.29, 1.82) is 0 Å². The first-order valence-corrected chi connectivity index (χ1v) is 7.40. The summed E-state index contributed by atoms with van der Waals surface area (Å²) in [4.78, 5) is 19.8. The minimum atomic E-state index is -1.18. The van der Waals surface area contributed by atoms with Crippen molar-refractivity contribution in [3.8, 4) is 17.2 Å². The van der Waals surface area contributed by atoms with E-state index in [1.165, 1.54) is 6.26 Å². The van der Waals surface area contributed by atoms with Crippen LogP contribution < -0.4 is 15.8 Å². The van der Waals surface area contributed by atoms with E-state index in [9.17, 15) is 9.90 Å². The van der Waals surface area contributed by atoms with Crippen LogP contribution in [0.15, 0.2) is 47.1 Å². The largest absolute Gasteiger partial charge is 0.497 e. The molecule has 0 aliphatic heterocycles. The molecule has 0 saturated heterocycles. The second-order valence-corrected chi connectivity index (χ2v) is 5.14. The summed E-state index contributed by atoms with van der Waals surface area (Å²) in [5.74, 6) is -0.0557. The SMILES string of the molecule is COc1ccc(CNc2nc(N)nc(-c3ccco3)c2C(=O)O)cc1. The van der Waals surface area contributed by atoms with Gasteiger partial charge in [-0.2, -0.15) is 4.98 Å². The number of carbonyl (C=O) groups is 1. The first-order chi connectivity index (χ1) is 12.1. The summed E-state index contributed by atoms with van der Waals surface area (Å²) in [5.41, 5.74) is 6.68. The van der Waals surface area contributed by atoms with Gasteiger partial charge in [-0.05, 0) is 29.8 Å². The minimum Gasteiger partial charge on any atom is -0.497 e. The molecule has 0 bridgehead atoms. The van der Waals surface area contributed by atoms with Gasteiger partial charge in [-0.25, -0.2) is 9.78 Å². The lowest BCUT2D eigenvalue weighted by atomic mass is 10.1. The number of nitrogens with zero attached hydrogens (tertiary/aromatic N) is 2. The van der Waals surface area contributed by atoms with Gasteiger partial charge in [-0.1, -0.05) is 12.1 Å². The Morgan fingerprint density at radius 3 is 2.64 bits per heavy atom. The Balaban J connectivity index is 1.93. The molecule has 0 radical (unpaired) electrons. The number of benzene rings is 1. The standard InChI is InChI=1S/C17H16N4O4/c1-24-11-6-4-10(5-7-11)9-19-15-13(16(22)23)14(20-17(18)21-15)12-3-2-8-25-12/h2-8H,9H2,1H3,(H,22,23)(H3,18,19,20,21). The van der Waals surface area contributed by atoms with E-state index >= 15 is 0 Å². The third kappa shape index (κ3) is 3.52. The molecule has 0 aliphatic rings. The summed E-state index contributed by atoms with van der Waals surface area (Å²) >= 11 is 0. The number of ether oxygens (including phenoxy) is 1. The highest BCUT2D eigenvalue weighted by molar-refractivity contribution is 5.99. The van der Waals surface area contributed by atoms with Crippen molar-refractivity contribution in [3.05, 3.63) is 53.8 Å². The van der Waals surface area contributed by atoms with Gasteiger partial charge < -0.3 is 25.3 Å². The van der Waals surface area contributed by atoms with Gasteiger partial charge in [0.15, 0.2) is 5.76 Å². The number of furan rings is 1. The van der Waals surface area contributed by atoms with Gasteiger partial charge in [0.05, 0.1) is 13.4 Å². The van der Waals surface area contributed by atoms with Crippen LogP contribution in [0.2, 0.25) is 0 Å². The number of anilines is 2. The first-order valence-electron chi connectivity index (χ1n) is 7.40. The zero-order chi connectivity index (χ0) is 17.8. The Hall–Kier alpha value is -3.55. The molecule has 0 amide bonds. The minimum absolute atomic E-state index is 0.0476. The number of carboxylic acids is 1. The summed E-state index contributed by atoms with van der Waals surface area (Å²) < 4.78 is 10.4. The molecule has 0 aliphatic carbocycles. The highest BCUT2D eigenvalue weighted by atomic mass is 16.5. The Morgan fingerprint density at radius 1 is 1.28 bits per heavy atom. The molecule has 0 saturated carbocycles. The molecule has 2 heterocycles. The van der Waals surface area contributed by atoms with E-state index in [-0.39, 0.29) is 23.0 Å². The summed E-state index contributed by atoms with van der Waals surface area (Å²) in [6, 6.07) is 10.6. The molecule has 4 N–H and O–H groups in total. The topological polar surface area (TPSA) is 124 Å². The second kappa shape index (κ2) is 6.91. The number of nitrogens with two attached hydrogens (primary N) is 1. The maximum Gasteiger partial charge on any atom is 0.341 e. The molecule has 0 spiro atoms. The van der Waals surface area contributed by atoms with Crippen molar-refractivity contribution < 1.29 is 19.1 Å². The van der Waals surface area contributed by atoms with Crippen LogP contribution in [0, 0.1) is 0 Å². The third-order valence-electron chi connectivity index (χ3n) is 3.51. The van der Waals surface area contributed by atoms with Gasteiger partial charge in [0.2, 0.25) is 5.95 Å². The van der Waals surface area contributed by atoms with E-state index in [4.69, 9.17) is 14.9 Å². The first kappa shape index (κ1) is 16.3. The van der Waals surface area contributed by atoms with Crippen LogP contribution in [0.4, 0.5) is 11.8 Å². The number of rotatable bonds is 6.